The van der Waals surface area contributed by atoms with Crippen LogP contribution >= 0.6 is 0 Å². The highest BCUT2D eigenvalue weighted by molar-refractivity contribution is 4.96. The Balaban J connectivity index is 1.47. The van der Waals surface area contributed by atoms with Gasteiger partial charge < -0.3 is 10.2 Å². The van der Waals surface area contributed by atoms with Crippen LogP contribution in [-0.4, -0.2) is 36.6 Å². The zero-order valence-corrected chi connectivity index (χ0v) is 10.7. The molecule has 0 aromatic heterocycles. The summed E-state index contributed by atoms with van der Waals surface area (Å²) in [5.41, 5.74) is 0.738. The van der Waals surface area contributed by atoms with E-state index in [-0.39, 0.29) is 0 Å². The molecule has 1 saturated heterocycles. The molecular weight excluding hydrogens is 196 g/mol. The standard InChI is InChI=1S/C14H26N2/c1-2-14(7-8-14)11-16-9-3-4-13(10-16)15-12-5-6-12/h12-13,15H,2-11H2,1H3. The number of hydrogen-bond acceptors (Lipinski definition) is 2. The zero-order valence-electron chi connectivity index (χ0n) is 10.7. The van der Waals surface area contributed by atoms with Crippen LogP contribution in [0.25, 0.3) is 0 Å². The predicted molar refractivity (Wildman–Crippen MR) is 67.6 cm³/mol. The molecule has 1 heterocycles. The smallest absolute Gasteiger partial charge is 0.0198 e. The maximum absolute atomic E-state index is 3.81. The number of piperidine rings is 1. The second-order valence-corrected chi connectivity index (χ2v) is 6.37. The van der Waals surface area contributed by atoms with Crippen molar-refractivity contribution in [3.8, 4) is 0 Å². The molecule has 2 aliphatic carbocycles. The summed E-state index contributed by atoms with van der Waals surface area (Å²) < 4.78 is 0. The number of hydrogen-bond donors (Lipinski definition) is 1. The van der Waals surface area contributed by atoms with Gasteiger partial charge in [0.05, 0.1) is 0 Å². The summed E-state index contributed by atoms with van der Waals surface area (Å²) in [6.07, 6.45) is 10.0. The van der Waals surface area contributed by atoms with E-state index in [1.54, 1.807) is 0 Å². The van der Waals surface area contributed by atoms with E-state index in [1.165, 1.54) is 64.6 Å². The van der Waals surface area contributed by atoms with E-state index in [2.05, 4.69) is 17.1 Å². The van der Waals surface area contributed by atoms with E-state index in [4.69, 9.17) is 0 Å². The van der Waals surface area contributed by atoms with Crippen LogP contribution in [0.5, 0.6) is 0 Å². The Labute approximate surface area is 99.8 Å². The second-order valence-electron chi connectivity index (χ2n) is 6.37. The molecule has 0 amide bonds. The van der Waals surface area contributed by atoms with Gasteiger partial charge in [0, 0.05) is 25.2 Å². The number of likely N-dealkylation sites (tertiary alicyclic amines) is 1. The quantitative estimate of drug-likeness (QED) is 0.768. The normalized spacial score (nSPS) is 33.9. The summed E-state index contributed by atoms with van der Waals surface area (Å²) in [7, 11) is 0. The molecule has 0 aromatic rings. The van der Waals surface area contributed by atoms with E-state index in [0.717, 1.165) is 17.5 Å². The van der Waals surface area contributed by atoms with Crippen molar-refractivity contribution in [2.45, 2.75) is 64.0 Å². The first-order valence-electron chi connectivity index (χ1n) is 7.28. The Morgan fingerprint density at radius 2 is 2.00 bits per heavy atom. The Hall–Kier alpha value is -0.0800. The largest absolute Gasteiger partial charge is 0.310 e. The van der Waals surface area contributed by atoms with Gasteiger partial charge in [0.2, 0.25) is 0 Å². The lowest BCUT2D eigenvalue weighted by molar-refractivity contribution is 0.155. The van der Waals surface area contributed by atoms with E-state index < -0.39 is 0 Å². The van der Waals surface area contributed by atoms with Crippen molar-refractivity contribution in [3.63, 3.8) is 0 Å². The van der Waals surface area contributed by atoms with Gasteiger partial charge in [-0.25, -0.2) is 0 Å². The van der Waals surface area contributed by atoms with Gasteiger partial charge in [-0.15, -0.1) is 0 Å². The summed E-state index contributed by atoms with van der Waals surface area (Å²) >= 11 is 0. The zero-order chi connectivity index (χ0) is 11.0. The summed E-state index contributed by atoms with van der Waals surface area (Å²) in [5, 5.41) is 3.81. The Kier molecular flexibility index (Phi) is 2.97. The molecule has 3 fully saturated rings. The molecule has 92 valence electrons. The number of nitrogens with zero attached hydrogens (tertiary/aromatic N) is 1. The number of rotatable bonds is 5. The number of nitrogens with one attached hydrogen (secondary N) is 1. The minimum absolute atomic E-state index is 0.738. The monoisotopic (exact) mass is 222 g/mol. The van der Waals surface area contributed by atoms with Gasteiger partial charge in [-0.1, -0.05) is 6.92 Å². The van der Waals surface area contributed by atoms with Gasteiger partial charge >= 0.3 is 0 Å². The molecule has 1 unspecified atom stereocenters. The summed E-state index contributed by atoms with van der Waals surface area (Å²) in [4.78, 5) is 2.74. The molecule has 0 aromatic carbocycles. The van der Waals surface area contributed by atoms with Gasteiger partial charge in [0.25, 0.3) is 0 Å². The van der Waals surface area contributed by atoms with Crippen molar-refractivity contribution < 1.29 is 0 Å². The molecule has 16 heavy (non-hydrogen) atoms. The molecule has 0 radical (unpaired) electrons. The average Bonchev–Trinajstić information content (AvgIpc) is 3.16. The third-order valence-electron chi connectivity index (χ3n) is 4.82. The third kappa shape index (κ3) is 2.60. The van der Waals surface area contributed by atoms with E-state index in [9.17, 15) is 0 Å². The molecule has 3 rings (SSSR count). The lowest BCUT2D eigenvalue weighted by Gasteiger charge is -2.35. The van der Waals surface area contributed by atoms with Crippen molar-refractivity contribution >= 4 is 0 Å². The van der Waals surface area contributed by atoms with Gasteiger partial charge in [0.1, 0.15) is 0 Å². The first-order chi connectivity index (χ1) is 7.80. The van der Waals surface area contributed by atoms with Crippen molar-refractivity contribution in [2.75, 3.05) is 19.6 Å². The highest BCUT2D eigenvalue weighted by Crippen LogP contribution is 2.49. The van der Waals surface area contributed by atoms with Gasteiger partial charge in [-0.3, -0.25) is 0 Å². The Morgan fingerprint density at radius 3 is 2.62 bits per heavy atom. The van der Waals surface area contributed by atoms with Crippen LogP contribution in [0.2, 0.25) is 0 Å². The van der Waals surface area contributed by atoms with Crippen LogP contribution in [0.15, 0.2) is 0 Å². The minimum Gasteiger partial charge on any atom is -0.310 e. The molecule has 2 saturated carbocycles. The van der Waals surface area contributed by atoms with Gasteiger partial charge in [0.15, 0.2) is 0 Å². The highest BCUT2D eigenvalue weighted by Gasteiger charge is 2.42. The molecule has 1 atom stereocenters. The Bertz CT molecular complexity index is 243. The maximum atomic E-state index is 3.81. The molecule has 0 spiro atoms. The van der Waals surface area contributed by atoms with Crippen LogP contribution in [0, 0.1) is 5.41 Å². The van der Waals surface area contributed by atoms with Crippen LogP contribution in [-0.2, 0) is 0 Å². The summed E-state index contributed by atoms with van der Waals surface area (Å²) in [5.74, 6) is 0. The lowest BCUT2D eigenvalue weighted by atomic mass is 9.99. The molecule has 1 aliphatic heterocycles. The van der Waals surface area contributed by atoms with Crippen LogP contribution in [0.4, 0.5) is 0 Å². The molecule has 1 N–H and O–H groups in total. The fraction of sp³-hybridized carbons (Fsp3) is 1.00. The van der Waals surface area contributed by atoms with Crippen LogP contribution in [0.1, 0.15) is 51.9 Å². The maximum Gasteiger partial charge on any atom is 0.0198 e. The van der Waals surface area contributed by atoms with Gasteiger partial charge in [-0.05, 0) is 56.9 Å². The van der Waals surface area contributed by atoms with Crippen molar-refractivity contribution in [3.05, 3.63) is 0 Å². The first-order valence-corrected chi connectivity index (χ1v) is 7.28. The highest BCUT2D eigenvalue weighted by atomic mass is 15.2. The molecule has 0 bridgehead atoms. The molecule has 3 aliphatic rings. The fourth-order valence-corrected chi connectivity index (χ4v) is 3.19. The molecule has 2 heteroatoms. The summed E-state index contributed by atoms with van der Waals surface area (Å²) in [6.45, 7) is 6.42. The topological polar surface area (TPSA) is 15.3 Å². The van der Waals surface area contributed by atoms with Gasteiger partial charge in [-0.2, -0.15) is 0 Å². The minimum atomic E-state index is 0.738. The van der Waals surface area contributed by atoms with Crippen LogP contribution in [0.3, 0.4) is 0 Å². The predicted octanol–water partition coefficient (Wildman–Crippen LogP) is 2.39. The van der Waals surface area contributed by atoms with Crippen molar-refractivity contribution in [1.82, 2.24) is 10.2 Å². The summed E-state index contributed by atoms with van der Waals surface area (Å²) in [6, 6.07) is 1.68. The van der Waals surface area contributed by atoms with Crippen molar-refractivity contribution in [2.24, 2.45) is 5.41 Å². The van der Waals surface area contributed by atoms with E-state index in [1.807, 2.05) is 0 Å². The van der Waals surface area contributed by atoms with E-state index in [0.29, 0.717) is 0 Å². The average molecular weight is 222 g/mol. The van der Waals surface area contributed by atoms with Crippen molar-refractivity contribution in [1.29, 1.82) is 0 Å². The van der Waals surface area contributed by atoms with E-state index >= 15 is 0 Å². The SMILES string of the molecule is CCC1(CN2CCCC(NC3CC3)C2)CC1. The molecule has 2 nitrogen and oxygen atoms in total. The molecular formula is C14H26N2. The first kappa shape index (κ1) is 11.0. The van der Waals surface area contributed by atoms with Crippen LogP contribution < -0.4 is 5.32 Å². The fourth-order valence-electron chi connectivity index (χ4n) is 3.19. The lowest BCUT2D eigenvalue weighted by Crippen LogP contribution is -2.47. The third-order valence-corrected chi connectivity index (χ3v) is 4.82. The Morgan fingerprint density at radius 1 is 1.19 bits per heavy atom. The second kappa shape index (κ2) is 4.30.